The summed E-state index contributed by atoms with van der Waals surface area (Å²) in [7, 11) is 1.61. The molecule has 0 saturated heterocycles. The number of carbonyl (C=O) groups is 2. The highest BCUT2D eigenvalue weighted by atomic mass is 16.5. The van der Waals surface area contributed by atoms with Gasteiger partial charge in [-0.3, -0.25) is 14.5 Å². The highest BCUT2D eigenvalue weighted by Gasteiger charge is 2.43. The lowest BCUT2D eigenvalue weighted by atomic mass is 9.73. The van der Waals surface area contributed by atoms with E-state index in [2.05, 4.69) is 62.2 Å². The Labute approximate surface area is 231 Å². The van der Waals surface area contributed by atoms with Crippen LogP contribution in [0.5, 0.6) is 5.75 Å². The van der Waals surface area contributed by atoms with E-state index in [1.165, 1.54) is 0 Å². The molecule has 1 atom stereocenters. The Morgan fingerprint density at radius 3 is 2.28 bits per heavy atom. The Morgan fingerprint density at radius 1 is 0.974 bits per heavy atom. The SMILES string of the molecule is CCN(CC)c1ccc([C@@H]2C3=C(CC(C)(C)CC3=O)Nc3ccccc3N2C(=O)c2ccc(OC)cc2)cc1. The molecule has 0 radical (unpaired) electrons. The molecule has 0 fully saturated rings. The molecular weight excluding hydrogens is 486 g/mol. The predicted octanol–water partition coefficient (Wildman–Crippen LogP) is 7.00. The van der Waals surface area contributed by atoms with E-state index in [4.69, 9.17) is 4.74 Å². The molecule has 6 heteroatoms. The summed E-state index contributed by atoms with van der Waals surface area (Å²) in [6.07, 6.45) is 1.16. The van der Waals surface area contributed by atoms with E-state index in [1.807, 2.05) is 24.3 Å². The Balaban J connectivity index is 1.72. The lowest BCUT2D eigenvalue weighted by Crippen LogP contribution is -2.39. The first kappa shape index (κ1) is 26.5. The number of nitrogens with zero attached hydrogens (tertiary/aromatic N) is 2. The molecule has 2 aliphatic rings. The van der Waals surface area contributed by atoms with Crippen LogP contribution in [0.15, 0.2) is 84.1 Å². The number of allylic oxidation sites excluding steroid dienone is 1. The zero-order chi connectivity index (χ0) is 27.7. The van der Waals surface area contributed by atoms with Gasteiger partial charge in [0.25, 0.3) is 5.91 Å². The first-order valence-electron chi connectivity index (χ1n) is 13.7. The molecule has 0 spiro atoms. The van der Waals surface area contributed by atoms with E-state index in [0.29, 0.717) is 23.3 Å². The van der Waals surface area contributed by atoms with Gasteiger partial charge < -0.3 is 15.0 Å². The average molecular weight is 524 g/mol. The Hall–Kier alpha value is -4.06. The predicted molar refractivity (Wildman–Crippen MR) is 158 cm³/mol. The molecule has 39 heavy (non-hydrogen) atoms. The molecule has 0 bridgehead atoms. The van der Waals surface area contributed by atoms with Crippen LogP contribution in [0.4, 0.5) is 17.1 Å². The number of nitrogens with one attached hydrogen (secondary N) is 1. The number of ketones is 1. The number of ether oxygens (including phenoxy) is 1. The van der Waals surface area contributed by atoms with Crippen molar-refractivity contribution in [3.05, 3.63) is 95.2 Å². The van der Waals surface area contributed by atoms with Crippen molar-refractivity contribution in [2.24, 2.45) is 5.41 Å². The van der Waals surface area contributed by atoms with Crippen molar-refractivity contribution in [1.82, 2.24) is 0 Å². The van der Waals surface area contributed by atoms with Gasteiger partial charge in [-0.1, -0.05) is 38.1 Å². The minimum atomic E-state index is -0.569. The maximum absolute atomic E-state index is 14.4. The van der Waals surface area contributed by atoms with E-state index in [9.17, 15) is 9.59 Å². The number of hydrogen-bond acceptors (Lipinski definition) is 5. The van der Waals surface area contributed by atoms with Gasteiger partial charge in [0.2, 0.25) is 0 Å². The summed E-state index contributed by atoms with van der Waals surface area (Å²) in [5.74, 6) is 0.589. The third kappa shape index (κ3) is 5.03. The van der Waals surface area contributed by atoms with Crippen LogP contribution >= 0.6 is 0 Å². The fraction of sp³-hybridized carbons (Fsp3) is 0.333. The van der Waals surface area contributed by atoms with Crippen molar-refractivity contribution < 1.29 is 14.3 Å². The number of amides is 1. The summed E-state index contributed by atoms with van der Waals surface area (Å²) in [5, 5.41) is 3.59. The minimum Gasteiger partial charge on any atom is -0.497 e. The van der Waals surface area contributed by atoms with Gasteiger partial charge in [0, 0.05) is 42.0 Å². The number of Topliss-reactive ketones (excluding diaryl/α,β-unsaturated/α-hetero) is 1. The number of methoxy groups -OCH3 is 1. The Morgan fingerprint density at radius 2 is 1.64 bits per heavy atom. The van der Waals surface area contributed by atoms with Crippen molar-refractivity contribution in [2.45, 2.75) is 46.6 Å². The fourth-order valence-electron chi connectivity index (χ4n) is 5.85. The van der Waals surface area contributed by atoms with Crippen molar-refractivity contribution in [1.29, 1.82) is 0 Å². The second kappa shape index (κ2) is 10.6. The fourth-order valence-corrected chi connectivity index (χ4v) is 5.85. The van der Waals surface area contributed by atoms with E-state index >= 15 is 0 Å². The molecule has 1 aliphatic heterocycles. The van der Waals surface area contributed by atoms with Crippen molar-refractivity contribution in [3.63, 3.8) is 0 Å². The maximum atomic E-state index is 14.4. The molecule has 1 N–H and O–H groups in total. The first-order valence-corrected chi connectivity index (χ1v) is 13.7. The van der Waals surface area contributed by atoms with E-state index in [0.717, 1.165) is 47.8 Å². The molecule has 5 rings (SSSR count). The summed E-state index contributed by atoms with van der Waals surface area (Å²) in [6, 6.07) is 22.7. The number of carbonyl (C=O) groups excluding carboxylic acids is 2. The Kier molecular flexibility index (Phi) is 7.21. The van der Waals surface area contributed by atoms with Crippen LogP contribution in [0.2, 0.25) is 0 Å². The van der Waals surface area contributed by atoms with Gasteiger partial charge in [0.05, 0.1) is 24.5 Å². The van der Waals surface area contributed by atoms with Crippen LogP contribution in [0.1, 0.15) is 62.5 Å². The lowest BCUT2D eigenvalue weighted by molar-refractivity contribution is -0.118. The number of anilines is 3. The van der Waals surface area contributed by atoms with Gasteiger partial charge in [0.1, 0.15) is 5.75 Å². The molecule has 0 saturated carbocycles. The minimum absolute atomic E-state index is 0.0758. The summed E-state index contributed by atoms with van der Waals surface area (Å²) < 4.78 is 5.32. The van der Waals surface area contributed by atoms with E-state index in [-0.39, 0.29) is 17.1 Å². The summed E-state index contributed by atoms with van der Waals surface area (Å²) >= 11 is 0. The van der Waals surface area contributed by atoms with E-state index in [1.54, 1.807) is 36.3 Å². The number of para-hydroxylation sites is 2. The van der Waals surface area contributed by atoms with Crippen LogP contribution in [0.25, 0.3) is 0 Å². The highest BCUT2D eigenvalue weighted by Crippen LogP contribution is 2.48. The highest BCUT2D eigenvalue weighted by molar-refractivity contribution is 6.12. The molecule has 3 aromatic rings. The van der Waals surface area contributed by atoms with Gasteiger partial charge in [0.15, 0.2) is 5.78 Å². The third-order valence-electron chi connectivity index (χ3n) is 7.79. The smallest absolute Gasteiger partial charge is 0.259 e. The number of fused-ring (bicyclic) bond motifs is 1. The molecule has 3 aromatic carbocycles. The zero-order valence-corrected chi connectivity index (χ0v) is 23.5. The summed E-state index contributed by atoms with van der Waals surface area (Å²) in [5.41, 5.74) is 5.51. The van der Waals surface area contributed by atoms with Gasteiger partial charge >= 0.3 is 0 Å². The van der Waals surface area contributed by atoms with Gasteiger partial charge in [-0.2, -0.15) is 0 Å². The topological polar surface area (TPSA) is 61.9 Å². The average Bonchev–Trinajstić information content (AvgIpc) is 3.07. The molecule has 0 aromatic heterocycles. The van der Waals surface area contributed by atoms with Crippen molar-refractivity contribution in [3.8, 4) is 5.75 Å². The quantitative estimate of drug-likeness (QED) is 0.377. The summed E-state index contributed by atoms with van der Waals surface area (Å²) in [6.45, 7) is 10.3. The molecule has 1 aliphatic carbocycles. The third-order valence-corrected chi connectivity index (χ3v) is 7.79. The standard InChI is InChI=1S/C33H37N3O3/c1-6-35(7-2)24-16-12-22(13-17-24)31-30-27(20-33(3,4)21-29(30)37)34-26-10-8-9-11-28(26)36(31)32(38)23-14-18-25(39-5)19-15-23/h8-19,31,34H,6-7,20-21H2,1-5H3/t31-/m1/s1. The molecule has 1 amide bonds. The van der Waals surface area contributed by atoms with Crippen LogP contribution in [0, 0.1) is 5.41 Å². The second-order valence-corrected chi connectivity index (χ2v) is 11.0. The molecule has 6 nitrogen and oxygen atoms in total. The van der Waals surface area contributed by atoms with Crippen LogP contribution in [0.3, 0.4) is 0 Å². The lowest BCUT2D eigenvalue weighted by Gasteiger charge is -2.37. The Bertz CT molecular complexity index is 1400. The normalized spacial score (nSPS) is 18.0. The number of hydrogen-bond donors (Lipinski definition) is 1. The van der Waals surface area contributed by atoms with Crippen LogP contribution in [-0.2, 0) is 4.79 Å². The number of benzene rings is 3. The van der Waals surface area contributed by atoms with E-state index < -0.39 is 6.04 Å². The van der Waals surface area contributed by atoms with Gasteiger partial charge in [-0.05, 0) is 79.8 Å². The number of rotatable bonds is 6. The van der Waals surface area contributed by atoms with Crippen molar-refractivity contribution in [2.75, 3.05) is 35.3 Å². The molecule has 1 heterocycles. The summed E-state index contributed by atoms with van der Waals surface area (Å²) in [4.78, 5) is 32.4. The van der Waals surface area contributed by atoms with Gasteiger partial charge in [-0.25, -0.2) is 0 Å². The van der Waals surface area contributed by atoms with Crippen LogP contribution < -0.4 is 19.9 Å². The molecular formula is C33H37N3O3. The zero-order valence-electron chi connectivity index (χ0n) is 23.5. The second-order valence-electron chi connectivity index (χ2n) is 11.0. The van der Waals surface area contributed by atoms with Crippen molar-refractivity contribution >= 4 is 28.8 Å². The van der Waals surface area contributed by atoms with Gasteiger partial charge in [-0.15, -0.1) is 0 Å². The molecule has 0 unspecified atom stereocenters. The maximum Gasteiger partial charge on any atom is 0.259 e. The monoisotopic (exact) mass is 523 g/mol. The molecule has 202 valence electrons. The largest absolute Gasteiger partial charge is 0.497 e. The van der Waals surface area contributed by atoms with Crippen LogP contribution in [-0.4, -0.2) is 31.9 Å². The first-order chi connectivity index (χ1) is 18.8.